The van der Waals surface area contributed by atoms with E-state index in [1.54, 1.807) is 0 Å². The highest BCUT2D eigenvalue weighted by molar-refractivity contribution is 5.04. The van der Waals surface area contributed by atoms with E-state index in [0.29, 0.717) is 0 Å². The molecule has 0 amide bonds. The Balaban J connectivity index is 3.87. The van der Waals surface area contributed by atoms with Crippen LogP contribution in [0.2, 0.25) is 0 Å². The van der Waals surface area contributed by atoms with Gasteiger partial charge in [0.2, 0.25) is 0 Å². The molecule has 0 aliphatic heterocycles. The Morgan fingerprint density at radius 1 is 1.57 bits per heavy atom. The topological polar surface area (TPSA) is 39.1 Å². The summed E-state index contributed by atoms with van der Waals surface area (Å²) in [5.41, 5.74) is -0.412. The summed E-state index contributed by atoms with van der Waals surface area (Å²) in [6, 6.07) is 2.31. The van der Waals surface area contributed by atoms with Crippen molar-refractivity contribution in [1.29, 1.82) is 5.26 Å². The van der Waals surface area contributed by atoms with Crippen molar-refractivity contribution < 1.29 is 0 Å². The van der Waals surface area contributed by atoms with Gasteiger partial charge in [0.05, 0.1) is 6.07 Å². The minimum Gasteiger partial charge on any atom is -0.308 e. The van der Waals surface area contributed by atoms with Crippen LogP contribution in [-0.4, -0.2) is 37.6 Å². The molecule has 0 radical (unpaired) electrons. The monoisotopic (exact) mass is 195 g/mol. The van der Waals surface area contributed by atoms with Gasteiger partial charge < -0.3 is 4.90 Å². The van der Waals surface area contributed by atoms with Crippen LogP contribution in [0.3, 0.4) is 0 Å². The van der Waals surface area contributed by atoms with Crippen LogP contribution >= 0.6 is 0 Å². The second-order valence-electron chi connectivity index (χ2n) is 4.00. The van der Waals surface area contributed by atoms with Crippen molar-refractivity contribution in [3.8, 4) is 6.07 Å². The Labute approximate surface area is 87.4 Å². The van der Waals surface area contributed by atoms with Crippen LogP contribution in [0.4, 0.5) is 0 Å². The molecule has 1 N–H and O–H groups in total. The first-order valence-corrected chi connectivity index (χ1v) is 4.96. The molecule has 3 nitrogen and oxygen atoms in total. The first kappa shape index (κ1) is 13.2. The van der Waals surface area contributed by atoms with E-state index in [1.807, 2.05) is 27.1 Å². The molecule has 3 heteroatoms. The number of allylic oxidation sites excluding steroid dienone is 1. The smallest absolute Gasteiger partial charge is 0.104 e. The van der Waals surface area contributed by atoms with E-state index in [2.05, 4.69) is 22.9 Å². The van der Waals surface area contributed by atoms with Crippen molar-refractivity contribution >= 4 is 0 Å². The van der Waals surface area contributed by atoms with Crippen molar-refractivity contribution in [3.05, 3.63) is 12.7 Å². The molecule has 0 spiro atoms. The zero-order valence-electron chi connectivity index (χ0n) is 9.51. The molecule has 1 atom stereocenters. The maximum atomic E-state index is 9.02. The van der Waals surface area contributed by atoms with Crippen molar-refractivity contribution in [3.63, 3.8) is 0 Å². The molecule has 0 aromatic rings. The van der Waals surface area contributed by atoms with Gasteiger partial charge in [-0.1, -0.05) is 6.08 Å². The highest BCUT2D eigenvalue weighted by atomic mass is 15.1. The summed E-state index contributed by atoms with van der Waals surface area (Å²) < 4.78 is 0. The van der Waals surface area contributed by atoms with Gasteiger partial charge >= 0.3 is 0 Å². The van der Waals surface area contributed by atoms with Crippen LogP contribution in [0.25, 0.3) is 0 Å². The zero-order valence-corrected chi connectivity index (χ0v) is 9.51. The number of likely N-dealkylation sites (N-methyl/N-ethyl adjacent to an activating group) is 1. The van der Waals surface area contributed by atoms with Gasteiger partial charge in [0.1, 0.15) is 5.54 Å². The molecule has 14 heavy (non-hydrogen) atoms. The number of hydrogen-bond donors (Lipinski definition) is 1. The van der Waals surface area contributed by atoms with Crippen LogP contribution in [0.15, 0.2) is 12.7 Å². The second kappa shape index (κ2) is 6.58. The second-order valence-corrected chi connectivity index (χ2v) is 4.00. The lowest BCUT2D eigenvalue weighted by Crippen LogP contribution is -2.43. The molecule has 0 saturated heterocycles. The van der Waals surface area contributed by atoms with E-state index in [4.69, 9.17) is 5.26 Å². The number of nitrogens with zero attached hydrogens (tertiary/aromatic N) is 2. The Kier molecular flexibility index (Phi) is 6.18. The lowest BCUT2D eigenvalue weighted by molar-refractivity contribution is 0.354. The van der Waals surface area contributed by atoms with E-state index in [1.165, 1.54) is 0 Å². The summed E-state index contributed by atoms with van der Waals surface area (Å²) in [7, 11) is 4.05. The molecule has 0 aromatic heterocycles. The van der Waals surface area contributed by atoms with Crippen molar-refractivity contribution in [2.24, 2.45) is 0 Å². The summed E-state index contributed by atoms with van der Waals surface area (Å²) >= 11 is 0. The third-order valence-electron chi connectivity index (χ3n) is 2.17. The summed E-state index contributed by atoms with van der Waals surface area (Å²) in [4.78, 5) is 2.10. The highest BCUT2D eigenvalue weighted by Gasteiger charge is 2.21. The average molecular weight is 195 g/mol. The third kappa shape index (κ3) is 5.74. The molecule has 0 fully saturated rings. The van der Waals surface area contributed by atoms with Gasteiger partial charge in [-0.05, 0) is 33.9 Å². The Bertz CT molecular complexity index is 205. The summed E-state index contributed by atoms with van der Waals surface area (Å²) in [5, 5.41) is 12.3. The SMILES string of the molecule is C=CCCC(C)(C#N)NCCN(C)C. The average Bonchev–Trinajstić information content (AvgIpc) is 2.14. The first-order chi connectivity index (χ1) is 6.54. The minimum absolute atomic E-state index is 0.412. The van der Waals surface area contributed by atoms with Gasteiger partial charge in [0.25, 0.3) is 0 Å². The van der Waals surface area contributed by atoms with Crippen molar-refractivity contribution in [2.45, 2.75) is 25.3 Å². The first-order valence-electron chi connectivity index (χ1n) is 4.96. The minimum atomic E-state index is -0.412. The third-order valence-corrected chi connectivity index (χ3v) is 2.17. The fourth-order valence-electron chi connectivity index (χ4n) is 1.13. The lowest BCUT2D eigenvalue weighted by Gasteiger charge is -2.23. The van der Waals surface area contributed by atoms with Crippen LogP contribution in [0, 0.1) is 11.3 Å². The van der Waals surface area contributed by atoms with E-state index < -0.39 is 5.54 Å². The van der Waals surface area contributed by atoms with Gasteiger partial charge in [-0.3, -0.25) is 5.32 Å². The molecule has 0 aliphatic carbocycles. The normalized spacial score (nSPS) is 14.8. The van der Waals surface area contributed by atoms with Crippen LogP contribution in [-0.2, 0) is 0 Å². The molecule has 80 valence electrons. The van der Waals surface area contributed by atoms with Crippen molar-refractivity contribution in [2.75, 3.05) is 27.2 Å². The maximum absolute atomic E-state index is 9.02. The van der Waals surface area contributed by atoms with E-state index in [0.717, 1.165) is 25.9 Å². The highest BCUT2D eigenvalue weighted by Crippen LogP contribution is 2.10. The Morgan fingerprint density at radius 2 is 2.21 bits per heavy atom. The van der Waals surface area contributed by atoms with Gasteiger partial charge in [-0.25, -0.2) is 0 Å². The predicted molar refractivity (Wildman–Crippen MR) is 60.0 cm³/mol. The fourth-order valence-corrected chi connectivity index (χ4v) is 1.13. The molecule has 0 saturated carbocycles. The molecule has 0 aromatic carbocycles. The van der Waals surface area contributed by atoms with E-state index in [-0.39, 0.29) is 0 Å². The number of rotatable bonds is 7. The standard InChI is InChI=1S/C11H21N3/c1-5-6-7-11(2,10-12)13-8-9-14(3)4/h5,13H,1,6-9H2,2-4H3. The van der Waals surface area contributed by atoms with Crippen LogP contribution < -0.4 is 5.32 Å². The predicted octanol–water partition coefficient (Wildman–Crippen LogP) is 1.39. The number of nitriles is 1. The lowest BCUT2D eigenvalue weighted by atomic mass is 9.98. The molecular formula is C11H21N3. The number of hydrogen-bond acceptors (Lipinski definition) is 3. The van der Waals surface area contributed by atoms with Gasteiger partial charge in [-0.2, -0.15) is 5.26 Å². The summed E-state index contributed by atoms with van der Waals surface area (Å²) in [6.45, 7) is 7.39. The van der Waals surface area contributed by atoms with Crippen molar-refractivity contribution in [1.82, 2.24) is 10.2 Å². The molecule has 1 unspecified atom stereocenters. The largest absolute Gasteiger partial charge is 0.308 e. The van der Waals surface area contributed by atoms with Gasteiger partial charge in [0, 0.05) is 13.1 Å². The molecule has 0 heterocycles. The van der Waals surface area contributed by atoms with Crippen LogP contribution in [0.1, 0.15) is 19.8 Å². The molecule has 0 bridgehead atoms. The van der Waals surface area contributed by atoms with E-state index >= 15 is 0 Å². The molecule has 0 aliphatic rings. The van der Waals surface area contributed by atoms with Gasteiger partial charge in [0.15, 0.2) is 0 Å². The molecule has 0 rings (SSSR count). The van der Waals surface area contributed by atoms with Crippen LogP contribution in [0.5, 0.6) is 0 Å². The Morgan fingerprint density at radius 3 is 2.64 bits per heavy atom. The Hall–Kier alpha value is -0.850. The fraction of sp³-hybridized carbons (Fsp3) is 0.727. The van der Waals surface area contributed by atoms with Gasteiger partial charge in [-0.15, -0.1) is 6.58 Å². The number of nitrogens with one attached hydrogen (secondary N) is 1. The maximum Gasteiger partial charge on any atom is 0.104 e. The summed E-state index contributed by atoms with van der Waals surface area (Å²) in [6.07, 6.45) is 3.54. The van der Waals surface area contributed by atoms with E-state index in [9.17, 15) is 0 Å². The molecular weight excluding hydrogens is 174 g/mol. The summed E-state index contributed by atoms with van der Waals surface area (Å²) in [5.74, 6) is 0. The quantitative estimate of drug-likeness (QED) is 0.624. The zero-order chi connectivity index (χ0) is 11.0.